The number of halogens is 1. The molecule has 0 N–H and O–H groups in total. The van der Waals surface area contributed by atoms with Gasteiger partial charge in [-0.15, -0.1) is 0 Å². The second-order valence-corrected chi connectivity index (χ2v) is 4.74. The third-order valence-electron chi connectivity index (χ3n) is 2.49. The molecule has 15 heavy (non-hydrogen) atoms. The fourth-order valence-corrected chi connectivity index (χ4v) is 2.20. The van der Waals surface area contributed by atoms with E-state index in [0.717, 1.165) is 22.2 Å². The van der Waals surface area contributed by atoms with E-state index in [1.165, 1.54) is 3.57 Å². The molecule has 0 radical (unpaired) electrons. The Labute approximate surface area is 100 Å². The highest BCUT2D eigenvalue weighted by Crippen LogP contribution is 2.20. The Hall–Kier alpha value is -1.17. The van der Waals surface area contributed by atoms with Crippen molar-refractivity contribution in [1.29, 1.82) is 0 Å². The molecule has 0 atom stereocenters. The summed E-state index contributed by atoms with van der Waals surface area (Å²) in [6.07, 6.45) is 3.70. The van der Waals surface area contributed by atoms with Crippen LogP contribution in [0.3, 0.4) is 0 Å². The molecule has 0 amide bonds. The van der Waals surface area contributed by atoms with E-state index in [-0.39, 0.29) is 0 Å². The molecule has 0 spiro atoms. The van der Waals surface area contributed by atoms with Crippen LogP contribution in [0.1, 0.15) is 5.69 Å². The minimum atomic E-state index is 0.982. The van der Waals surface area contributed by atoms with Gasteiger partial charge in [0.2, 0.25) is 0 Å². The quantitative estimate of drug-likeness (QED) is 0.598. The highest BCUT2D eigenvalue weighted by Gasteiger charge is 2.05. The number of rotatable bonds is 0. The molecule has 74 valence electrons. The Kier molecular flexibility index (Phi) is 1.92. The van der Waals surface area contributed by atoms with Crippen LogP contribution < -0.4 is 0 Å². The third-order valence-corrected chi connectivity index (χ3v) is 3.16. The van der Waals surface area contributed by atoms with Gasteiger partial charge < -0.3 is 0 Å². The van der Waals surface area contributed by atoms with Gasteiger partial charge in [0, 0.05) is 20.8 Å². The van der Waals surface area contributed by atoms with Crippen molar-refractivity contribution in [2.45, 2.75) is 6.92 Å². The minimum Gasteiger partial charge on any atom is -0.287 e. The molecule has 2 heterocycles. The summed E-state index contributed by atoms with van der Waals surface area (Å²) in [5.41, 5.74) is 3.09. The van der Waals surface area contributed by atoms with Gasteiger partial charge in [-0.3, -0.25) is 4.40 Å². The molecule has 2 aromatic heterocycles. The van der Waals surface area contributed by atoms with E-state index in [9.17, 15) is 0 Å². The van der Waals surface area contributed by atoms with Crippen LogP contribution in [0, 0.1) is 10.5 Å². The summed E-state index contributed by atoms with van der Waals surface area (Å²) in [5, 5.41) is 1.11. The van der Waals surface area contributed by atoms with E-state index in [1.807, 2.05) is 29.9 Å². The van der Waals surface area contributed by atoms with E-state index in [0.29, 0.717) is 0 Å². The van der Waals surface area contributed by atoms with Gasteiger partial charge in [0.25, 0.3) is 0 Å². The smallest absolute Gasteiger partial charge is 0.147 e. The van der Waals surface area contributed by atoms with E-state index >= 15 is 0 Å². The lowest BCUT2D eigenvalue weighted by atomic mass is 10.2. The van der Waals surface area contributed by atoms with Gasteiger partial charge in [-0.25, -0.2) is 9.97 Å². The van der Waals surface area contributed by atoms with Crippen molar-refractivity contribution in [2.75, 3.05) is 0 Å². The summed E-state index contributed by atoms with van der Waals surface area (Å²) in [7, 11) is 0. The van der Waals surface area contributed by atoms with Gasteiger partial charge in [-0.1, -0.05) is 0 Å². The summed E-state index contributed by atoms with van der Waals surface area (Å²) in [6, 6.07) is 6.20. The minimum absolute atomic E-state index is 0.982. The first-order valence-corrected chi connectivity index (χ1v) is 5.71. The van der Waals surface area contributed by atoms with Crippen molar-refractivity contribution in [3.8, 4) is 0 Å². The second-order valence-electron chi connectivity index (χ2n) is 3.50. The first kappa shape index (κ1) is 9.08. The molecule has 0 aliphatic carbocycles. The van der Waals surface area contributed by atoms with Gasteiger partial charge in [0.05, 0.1) is 5.52 Å². The van der Waals surface area contributed by atoms with Crippen LogP contribution in [0.15, 0.2) is 30.7 Å². The summed E-state index contributed by atoms with van der Waals surface area (Å²) in [4.78, 5) is 8.81. The lowest BCUT2D eigenvalue weighted by Gasteiger charge is -2.01. The van der Waals surface area contributed by atoms with Crippen LogP contribution in [-0.2, 0) is 0 Å². The highest BCUT2D eigenvalue weighted by molar-refractivity contribution is 14.1. The summed E-state index contributed by atoms with van der Waals surface area (Å²) in [6.45, 7) is 2.03. The number of hydrogen-bond donors (Lipinski definition) is 0. The van der Waals surface area contributed by atoms with E-state index < -0.39 is 0 Å². The fourth-order valence-electron chi connectivity index (χ4n) is 1.71. The lowest BCUT2D eigenvalue weighted by molar-refractivity contribution is 1.06. The Morgan fingerprint density at radius 1 is 1.27 bits per heavy atom. The number of aryl methyl sites for hydroxylation is 1. The molecule has 1 aromatic carbocycles. The molecule has 0 saturated carbocycles. The van der Waals surface area contributed by atoms with Gasteiger partial charge in [-0.05, 0) is 47.7 Å². The molecule has 3 aromatic rings. The fraction of sp³-hybridized carbons (Fsp3) is 0.0909. The summed E-state index contributed by atoms with van der Waals surface area (Å²) in [5.74, 6) is 0. The molecular formula is C11H8IN3. The first-order chi connectivity index (χ1) is 7.25. The normalized spacial score (nSPS) is 11.3. The number of fused-ring (bicyclic) bond motifs is 3. The Balaban J connectivity index is 2.57. The Morgan fingerprint density at radius 3 is 3.00 bits per heavy atom. The molecular weight excluding hydrogens is 301 g/mol. The number of imidazole rings is 1. The molecule has 3 rings (SSSR count). The molecule has 0 aliphatic heterocycles. The van der Waals surface area contributed by atoms with Crippen molar-refractivity contribution in [2.24, 2.45) is 0 Å². The van der Waals surface area contributed by atoms with Gasteiger partial charge in [0.1, 0.15) is 12.0 Å². The zero-order valence-corrected chi connectivity index (χ0v) is 10.3. The monoisotopic (exact) mass is 309 g/mol. The summed E-state index contributed by atoms with van der Waals surface area (Å²) < 4.78 is 3.22. The van der Waals surface area contributed by atoms with Crippen LogP contribution in [-0.4, -0.2) is 14.4 Å². The molecule has 0 fully saturated rings. The average molecular weight is 309 g/mol. The standard InChI is InChI=1S/C11H8IN3/c1-7-5-13-11-9-4-8(12)2-3-10(9)14-6-15(7)11/h2-6H,1H3. The van der Waals surface area contributed by atoms with Crippen LogP contribution in [0.4, 0.5) is 0 Å². The number of hydrogen-bond acceptors (Lipinski definition) is 2. The maximum Gasteiger partial charge on any atom is 0.147 e. The van der Waals surface area contributed by atoms with Crippen LogP contribution in [0.2, 0.25) is 0 Å². The average Bonchev–Trinajstić information content (AvgIpc) is 2.61. The zero-order chi connectivity index (χ0) is 10.4. The Morgan fingerprint density at radius 2 is 2.13 bits per heavy atom. The van der Waals surface area contributed by atoms with E-state index in [1.54, 1.807) is 0 Å². The van der Waals surface area contributed by atoms with E-state index in [2.05, 4.69) is 44.7 Å². The van der Waals surface area contributed by atoms with Crippen molar-refractivity contribution in [3.05, 3.63) is 40.0 Å². The largest absolute Gasteiger partial charge is 0.287 e. The zero-order valence-electron chi connectivity index (χ0n) is 8.11. The lowest BCUT2D eigenvalue weighted by Crippen LogP contribution is -1.91. The van der Waals surface area contributed by atoms with Crippen molar-refractivity contribution < 1.29 is 0 Å². The molecule has 0 aliphatic rings. The van der Waals surface area contributed by atoms with Crippen LogP contribution in [0.25, 0.3) is 16.6 Å². The number of nitrogens with zero attached hydrogens (tertiary/aromatic N) is 3. The van der Waals surface area contributed by atoms with Crippen molar-refractivity contribution in [1.82, 2.24) is 14.4 Å². The van der Waals surface area contributed by atoms with Crippen molar-refractivity contribution >= 4 is 39.1 Å². The van der Waals surface area contributed by atoms with Gasteiger partial charge in [-0.2, -0.15) is 0 Å². The predicted molar refractivity (Wildman–Crippen MR) is 67.9 cm³/mol. The second kappa shape index (κ2) is 3.16. The molecule has 4 heteroatoms. The molecule has 3 nitrogen and oxygen atoms in total. The Bertz CT molecular complexity index is 657. The number of benzene rings is 1. The number of aromatic nitrogens is 3. The van der Waals surface area contributed by atoms with Gasteiger partial charge in [0.15, 0.2) is 0 Å². The van der Waals surface area contributed by atoms with Gasteiger partial charge >= 0.3 is 0 Å². The van der Waals surface area contributed by atoms with Crippen LogP contribution >= 0.6 is 22.6 Å². The third kappa shape index (κ3) is 1.31. The van der Waals surface area contributed by atoms with E-state index in [4.69, 9.17) is 0 Å². The predicted octanol–water partition coefficient (Wildman–Crippen LogP) is 2.80. The first-order valence-electron chi connectivity index (χ1n) is 4.63. The highest BCUT2D eigenvalue weighted by atomic mass is 127. The maximum absolute atomic E-state index is 4.41. The topological polar surface area (TPSA) is 30.2 Å². The maximum atomic E-state index is 4.41. The molecule has 0 saturated heterocycles. The summed E-state index contributed by atoms with van der Waals surface area (Å²) >= 11 is 2.30. The molecule has 0 bridgehead atoms. The van der Waals surface area contributed by atoms with Crippen LogP contribution in [0.5, 0.6) is 0 Å². The SMILES string of the molecule is Cc1cnc2c3cc(I)ccc3ncn12. The van der Waals surface area contributed by atoms with Crippen molar-refractivity contribution in [3.63, 3.8) is 0 Å². The molecule has 0 unspecified atom stereocenters.